The predicted octanol–water partition coefficient (Wildman–Crippen LogP) is 4.90. The number of carbonyl (C=O) groups excluding carboxylic acids is 1. The molecule has 0 spiro atoms. The predicted molar refractivity (Wildman–Crippen MR) is 117 cm³/mol. The smallest absolute Gasteiger partial charge is 0.343 e. The van der Waals surface area contributed by atoms with Crippen LogP contribution in [-0.2, 0) is 18.6 Å². The molecule has 1 amide bonds. The average Bonchev–Trinajstić information content (AvgIpc) is 3.44. The molecule has 0 bridgehead atoms. The Balaban J connectivity index is 1.56. The molecular formula is C21H20BrF3N6O2. The summed E-state index contributed by atoms with van der Waals surface area (Å²) in [6.45, 7) is 4.57. The summed E-state index contributed by atoms with van der Waals surface area (Å²) in [5.74, 6) is -0.336. The van der Waals surface area contributed by atoms with Gasteiger partial charge in [0.15, 0.2) is 0 Å². The molecule has 33 heavy (non-hydrogen) atoms. The van der Waals surface area contributed by atoms with E-state index in [9.17, 15) is 18.0 Å². The molecule has 0 atom stereocenters. The van der Waals surface area contributed by atoms with E-state index >= 15 is 0 Å². The van der Waals surface area contributed by atoms with E-state index < -0.39 is 12.7 Å². The molecule has 0 fully saturated rings. The van der Waals surface area contributed by atoms with Gasteiger partial charge in [-0.2, -0.15) is 23.3 Å². The van der Waals surface area contributed by atoms with Gasteiger partial charge in [-0.05, 0) is 39.0 Å². The second-order valence-electron chi connectivity index (χ2n) is 8.44. The molecule has 0 aliphatic carbocycles. The van der Waals surface area contributed by atoms with Crippen LogP contribution >= 0.6 is 15.9 Å². The SMILES string of the molecule is CC(C)(C)n1cc(C(=O)NCc2nc(-c3cc4c(Br)cccc4n3CC(F)(F)F)no2)cn1. The van der Waals surface area contributed by atoms with E-state index in [0.29, 0.717) is 20.9 Å². The van der Waals surface area contributed by atoms with Gasteiger partial charge in [0.2, 0.25) is 11.7 Å². The van der Waals surface area contributed by atoms with Gasteiger partial charge in [-0.15, -0.1) is 0 Å². The highest BCUT2D eigenvalue weighted by atomic mass is 79.9. The summed E-state index contributed by atoms with van der Waals surface area (Å²) < 4.78 is 48.3. The molecule has 8 nitrogen and oxygen atoms in total. The maximum Gasteiger partial charge on any atom is 0.406 e. The van der Waals surface area contributed by atoms with Crippen molar-refractivity contribution in [1.29, 1.82) is 0 Å². The highest BCUT2D eigenvalue weighted by Crippen LogP contribution is 2.33. The summed E-state index contributed by atoms with van der Waals surface area (Å²) in [6, 6.07) is 6.55. The van der Waals surface area contributed by atoms with Crippen LogP contribution in [0.5, 0.6) is 0 Å². The molecule has 4 rings (SSSR count). The topological polar surface area (TPSA) is 90.8 Å². The zero-order valence-corrected chi connectivity index (χ0v) is 19.5. The number of amides is 1. The molecule has 0 saturated carbocycles. The largest absolute Gasteiger partial charge is 0.406 e. The number of carbonyl (C=O) groups is 1. The Morgan fingerprint density at radius 1 is 1.24 bits per heavy atom. The standard InChI is InChI=1S/C21H20BrF3N6O2/c1-20(2,3)31-10-12(8-27-31)19(32)26-9-17-28-18(29-33-17)16-7-13-14(22)5-4-6-15(13)30(16)11-21(23,24)25/h4-8,10H,9,11H2,1-3H3,(H,26,32). The molecule has 1 N–H and O–H groups in total. The van der Waals surface area contributed by atoms with Crippen LogP contribution in [0.3, 0.4) is 0 Å². The summed E-state index contributed by atoms with van der Waals surface area (Å²) >= 11 is 3.37. The van der Waals surface area contributed by atoms with Crippen molar-refractivity contribution in [2.45, 2.75) is 45.6 Å². The van der Waals surface area contributed by atoms with Gasteiger partial charge in [0, 0.05) is 16.1 Å². The third-order valence-electron chi connectivity index (χ3n) is 4.86. The van der Waals surface area contributed by atoms with Gasteiger partial charge in [0.1, 0.15) is 6.54 Å². The Bertz CT molecular complexity index is 1320. The van der Waals surface area contributed by atoms with Crippen LogP contribution in [0.25, 0.3) is 22.4 Å². The number of hydrogen-bond donors (Lipinski definition) is 1. The first kappa shape index (κ1) is 23.0. The minimum atomic E-state index is -4.44. The number of nitrogens with one attached hydrogen (secondary N) is 1. The second kappa shape index (κ2) is 8.32. The van der Waals surface area contributed by atoms with Gasteiger partial charge in [0.05, 0.1) is 35.1 Å². The molecule has 0 aliphatic rings. The molecular weight excluding hydrogens is 505 g/mol. The van der Waals surface area contributed by atoms with Crippen molar-refractivity contribution < 1.29 is 22.5 Å². The number of halogens is 4. The number of rotatable bonds is 5. The van der Waals surface area contributed by atoms with Gasteiger partial charge >= 0.3 is 6.18 Å². The fraction of sp³-hybridized carbons (Fsp3) is 0.333. The van der Waals surface area contributed by atoms with E-state index in [1.807, 2.05) is 20.8 Å². The third kappa shape index (κ3) is 4.95. The zero-order valence-electron chi connectivity index (χ0n) is 17.9. The summed E-state index contributed by atoms with van der Waals surface area (Å²) in [5, 5.41) is 11.3. The van der Waals surface area contributed by atoms with Gasteiger partial charge in [-0.3, -0.25) is 9.48 Å². The van der Waals surface area contributed by atoms with Crippen LogP contribution < -0.4 is 5.32 Å². The summed E-state index contributed by atoms with van der Waals surface area (Å²) in [5.41, 5.74) is 0.623. The number of benzene rings is 1. The van der Waals surface area contributed by atoms with Gasteiger partial charge in [-0.25, -0.2) is 0 Å². The van der Waals surface area contributed by atoms with Crippen LogP contribution in [-0.4, -0.2) is 36.6 Å². The molecule has 3 heterocycles. The first-order valence-electron chi connectivity index (χ1n) is 9.93. The van der Waals surface area contributed by atoms with Gasteiger partial charge in [0.25, 0.3) is 5.91 Å². The van der Waals surface area contributed by atoms with E-state index in [-0.39, 0.29) is 35.4 Å². The van der Waals surface area contributed by atoms with Crippen molar-refractivity contribution in [2.75, 3.05) is 0 Å². The van der Waals surface area contributed by atoms with Crippen molar-refractivity contribution in [3.05, 3.63) is 52.6 Å². The number of alkyl halides is 3. The van der Waals surface area contributed by atoms with Crippen LogP contribution in [0.15, 0.2) is 45.7 Å². The first-order chi connectivity index (χ1) is 15.4. The Hall–Kier alpha value is -3.15. The van der Waals surface area contributed by atoms with E-state index in [0.717, 1.165) is 4.57 Å². The fourth-order valence-electron chi connectivity index (χ4n) is 3.28. The van der Waals surface area contributed by atoms with Crippen LogP contribution in [0.4, 0.5) is 13.2 Å². The van der Waals surface area contributed by atoms with Crippen molar-refractivity contribution in [2.24, 2.45) is 0 Å². The summed E-state index contributed by atoms with van der Waals surface area (Å²) in [6.07, 6.45) is -1.36. The third-order valence-corrected chi connectivity index (χ3v) is 5.55. The highest BCUT2D eigenvalue weighted by molar-refractivity contribution is 9.10. The van der Waals surface area contributed by atoms with Crippen molar-refractivity contribution in [1.82, 2.24) is 29.8 Å². The summed E-state index contributed by atoms with van der Waals surface area (Å²) in [4.78, 5) is 16.6. The van der Waals surface area contributed by atoms with Crippen molar-refractivity contribution >= 4 is 32.7 Å². The normalized spacial score (nSPS) is 12.5. The Kier molecular flexibility index (Phi) is 5.81. The lowest BCUT2D eigenvalue weighted by molar-refractivity contribution is -0.139. The molecule has 1 aromatic carbocycles. The van der Waals surface area contributed by atoms with E-state index in [2.05, 4.69) is 36.5 Å². The minimum absolute atomic E-state index is 0.00727. The molecule has 12 heteroatoms. The van der Waals surface area contributed by atoms with Crippen LogP contribution in [0.2, 0.25) is 0 Å². The molecule has 0 saturated heterocycles. The zero-order chi connectivity index (χ0) is 24.0. The molecule has 174 valence electrons. The second-order valence-corrected chi connectivity index (χ2v) is 9.30. The summed E-state index contributed by atoms with van der Waals surface area (Å²) in [7, 11) is 0. The lowest BCUT2D eigenvalue weighted by Crippen LogP contribution is -2.24. The number of nitrogens with zero attached hydrogens (tertiary/aromatic N) is 5. The Labute approximate surface area is 194 Å². The number of hydrogen-bond acceptors (Lipinski definition) is 5. The minimum Gasteiger partial charge on any atom is -0.343 e. The average molecular weight is 525 g/mol. The molecule has 4 aromatic rings. The van der Waals surface area contributed by atoms with Crippen molar-refractivity contribution in [3.8, 4) is 11.5 Å². The maximum atomic E-state index is 13.2. The molecule has 0 radical (unpaired) electrons. The number of aromatic nitrogens is 5. The quantitative estimate of drug-likeness (QED) is 0.401. The number of fused-ring (bicyclic) bond motifs is 1. The molecule has 3 aromatic heterocycles. The van der Waals surface area contributed by atoms with Crippen LogP contribution in [0, 0.1) is 0 Å². The highest BCUT2D eigenvalue weighted by Gasteiger charge is 2.31. The molecule has 0 aliphatic heterocycles. The van der Waals surface area contributed by atoms with Crippen LogP contribution in [0.1, 0.15) is 37.0 Å². The fourth-order valence-corrected chi connectivity index (χ4v) is 3.75. The molecule has 0 unspecified atom stereocenters. The Morgan fingerprint density at radius 2 is 2.00 bits per heavy atom. The van der Waals surface area contributed by atoms with E-state index in [1.54, 1.807) is 35.1 Å². The monoisotopic (exact) mass is 524 g/mol. The van der Waals surface area contributed by atoms with Crippen molar-refractivity contribution in [3.63, 3.8) is 0 Å². The van der Waals surface area contributed by atoms with Gasteiger partial charge < -0.3 is 14.4 Å². The Morgan fingerprint density at radius 3 is 2.67 bits per heavy atom. The van der Waals surface area contributed by atoms with Gasteiger partial charge in [-0.1, -0.05) is 27.2 Å². The first-order valence-corrected chi connectivity index (χ1v) is 10.7. The van der Waals surface area contributed by atoms with E-state index in [1.165, 1.54) is 6.20 Å². The van der Waals surface area contributed by atoms with E-state index in [4.69, 9.17) is 4.52 Å². The lowest BCUT2D eigenvalue weighted by Gasteiger charge is -2.18. The maximum absolute atomic E-state index is 13.2. The lowest BCUT2D eigenvalue weighted by atomic mass is 10.1.